The third kappa shape index (κ3) is 4.65. The number of halogens is 1. The second-order valence-electron chi connectivity index (χ2n) is 6.38. The molecule has 1 aromatic heterocycles. The zero-order valence-corrected chi connectivity index (χ0v) is 17.2. The number of thiocarbonyl (C=S) groups is 1. The standard InChI is InChI=1S/C20H13ClN6O3S/c21-13-3-8-15(9-4-13)26-24-17-10-5-14(11-18(17)25-26)22-20(31)23-19(28)12-1-6-16(7-2-12)27(29)30/h1-11H,(H2,22,23,28,31). The molecule has 154 valence electrons. The van der Waals surface area contributed by atoms with Gasteiger partial charge in [-0.15, -0.1) is 10.2 Å². The summed E-state index contributed by atoms with van der Waals surface area (Å²) in [5.74, 6) is -0.484. The van der Waals surface area contributed by atoms with Crippen molar-refractivity contribution in [2.75, 3.05) is 5.32 Å². The maximum absolute atomic E-state index is 12.3. The maximum Gasteiger partial charge on any atom is 0.269 e. The van der Waals surface area contributed by atoms with E-state index in [1.165, 1.54) is 29.1 Å². The fraction of sp³-hybridized carbons (Fsp3) is 0. The van der Waals surface area contributed by atoms with Crippen LogP contribution < -0.4 is 10.6 Å². The van der Waals surface area contributed by atoms with Crippen LogP contribution in [0.3, 0.4) is 0 Å². The van der Waals surface area contributed by atoms with Crippen molar-refractivity contribution in [1.29, 1.82) is 0 Å². The zero-order valence-electron chi connectivity index (χ0n) is 15.7. The highest BCUT2D eigenvalue weighted by Gasteiger charge is 2.12. The summed E-state index contributed by atoms with van der Waals surface area (Å²) >= 11 is 11.1. The molecular formula is C20H13ClN6O3S. The van der Waals surface area contributed by atoms with Gasteiger partial charge in [0.15, 0.2) is 5.11 Å². The Morgan fingerprint density at radius 3 is 2.35 bits per heavy atom. The summed E-state index contributed by atoms with van der Waals surface area (Å²) in [5, 5.41) is 25.7. The van der Waals surface area contributed by atoms with E-state index in [-0.39, 0.29) is 16.4 Å². The van der Waals surface area contributed by atoms with Gasteiger partial charge in [0, 0.05) is 28.4 Å². The van der Waals surface area contributed by atoms with Crippen molar-refractivity contribution in [1.82, 2.24) is 20.3 Å². The lowest BCUT2D eigenvalue weighted by atomic mass is 10.2. The lowest BCUT2D eigenvalue weighted by Gasteiger charge is -2.09. The van der Waals surface area contributed by atoms with Gasteiger partial charge in [-0.25, -0.2) is 0 Å². The molecule has 0 aliphatic rings. The molecule has 1 amide bonds. The van der Waals surface area contributed by atoms with Crippen LogP contribution in [0.25, 0.3) is 16.7 Å². The number of hydrogen-bond acceptors (Lipinski definition) is 6. The first-order chi connectivity index (χ1) is 14.9. The first kappa shape index (κ1) is 20.4. The highest BCUT2D eigenvalue weighted by molar-refractivity contribution is 7.80. The summed E-state index contributed by atoms with van der Waals surface area (Å²) in [6.45, 7) is 0. The first-order valence-corrected chi connectivity index (χ1v) is 9.67. The summed E-state index contributed by atoms with van der Waals surface area (Å²) in [6, 6.07) is 17.6. The molecule has 0 fully saturated rings. The molecule has 0 atom stereocenters. The van der Waals surface area contributed by atoms with E-state index in [0.29, 0.717) is 21.7 Å². The molecule has 0 bridgehead atoms. The number of anilines is 1. The topological polar surface area (TPSA) is 115 Å². The van der Waals surface area contributed by atoms with Gasteiger partial charge in [-0.3, -0.25) is 20.2 Å². The van der Waals surface area contributed by atoms with Crippen LogP contribution >= 0.6 is 23.8 Å². The minimum atomic E-state index is -0.535. The van der Waals surface area contributed by atoms with Crippen molar-refractivity contribution in [2.45, 2.75) is 0 Å². The third-order valence-corrected chi connectivity index (χ3v) is 4.72. The number of rotatable bonds is 4. The molecule has 4 aromatic rings. The fourth-order valence-corrected chi connectivity index (χ4v) is 3.09. The van der Waals surface area contributed by atoms with E-state index < -0.39 is 10.8 Å². The van der Waals surface area contributed by atoms with Crippen LogP contribution in [0.15, 0.2) is 66.7 Å². The van der Waals surface area contributed by atoms with E-state index >= 15 is 0 Å². The van der Waals surface area contributed by atoms with E-state index in [9.17, 15) is 14.9 Å². The van der Waals surface area contributed by atoms with Gasteiger partial charge in [0.2, 0.25) is 0 Å². The number of fused-ring (bicyclic) bond motifs is 1. The van der Waals surface area contributed by atoms with Gasteiger partial charge in [-0.2, -0.15) is 4.80 Å². The van der Waals surface area contributed by atoms with Crippen LogP contribution in [-0.4, -0.2) is 30.9 Å². The smallest absolute Gasteiger partial charge is 0.269 e. The van der Waals surface area contributed by atoms with E-state index in [0.717, 1.165) is 5.69 Å². The quantitative estimate of drug-likeness (QED) is 0.272. The van der Waals surface area contributed by atoms with Gasteiger partial charge in [0.05, 0.1) is 10.6 Å². The molecule has 9 nitrogen and oxygen atoms in total. The molecule has 0 unspecified atom stereocenters. The Balaban J connectivity index is 1.45. The molecular weight excluding hydrogens is 440 g/mol. The van der Waals surface area contributed by atoms with Crippen LogP contribution in [0.4, 0.5) is 11.4 Å². The molecule has 4 rings (SSSR count). The van der Waals surface area contributed by atoms with Crippen LogP contribution in [0, 0.1) is 10.1 Å². The average molecular weight is 453 g/mol. The number of aromatic nitrogens is 3. The van der Waals surface area contributed by atoms with Crippen molar-refractivity contribution in [3.63, 3.8) is 0 Å². The number of hydrogen-bond donors (Lipinski definition) is 2. The molecule has 0 spiro atoms. The normalized spacial score (nSPS) is 10.6. The highest BCUT2D eigenvalue weighted by atomic mass is 35.5. The lowest BCUT2D eigenvalue weighted by molar-refractivity contribution is -0.384. The van der Waals surface area contributed by atoms with E-state index in [1.54, 1.807) is 30.3 Å². The number of nitrogens with zero attached hydrogens (tertiary/aromatic N) is 4. The van der Waals surface area contributed by atoms with Crippen molar-refractivity contribution in [3.05, 3.63) is 87.4 Å². The summed E-state index contributed by atoms with van der Waals surface area (Å²) in [7, 11) is 0. The van der Waals surface area contributed by atoms with E-state index in [2.05, 4.69) is 20.8 Å². The Bertz CT molecular complexity index is 1310. The maximum atomic E-state index is 12.3. The van der Waals surface area contributed by atoms with Gasteiger partial charge < -0.3 is 5.32 Å². The van der Waals surface area contributed by atoms with Crippen LogP contribution in [0.2, 0.25) is 5.02 Å². The summed E-state index contributed by atoms with van der Waals surface area (Å²) in [5.41, 5.74) is 2.84. The molecule has 31 heavy (non-hydrogen) atoms. The van der Waals surface area contributed by atoms with Crippen LogP contribution in [0.1, 0.15) is 10.4 Å². The van der Waals surface area contributed by atoms with E-state index in [1.807, 2.05) is 12.1 Å². The minimum absolute atomic E-state index is 0.0767. The Hall–Kier alpha value is -3.89. The number of benzene rings is 3. The molecule has 1 heterocycles. The fourth-order valence-electron chi connectivity index (χ4n) is 2.75. The molecule has 0 saturated heterocycles. The molecule has 0 aliphatic heterocycles. The monoisotopic (exact) mass is 452 g/mol. The molecule has 11 heteroatoms. The lowest BCUT2D eigenvalue weighted by Crippen LogP contribution is -2.34. The number of nitrogens with one attached hydrogen (secondary N) is 2. The van der Waals surface area contributed by atoms with Crippen LogP contribution in [-0.2, 0) is 0 Å². The van der Waals surface area contributed by atoms with Gasteiger partial charge in [-0.1, -0.05) is 11.6 Å². The average Bonchev–Trinajstić information content (AvgIpc) is 3.17. The predicted molar refractivity (Wildman–Crippen MR) is 121 cm³/mol. The van der Waals surface area contributed by atoms with Crippen molar-refractivity contribution in [3.8, 4) is 5.69 Å². The number of nitro benzene ring substituents is 1. The first-order valence-electron chi connectivity index (χ1n) is 8.89. The Labute approximate surface area is 185 Å². The molecule has 0 saturated carbocycles. The summed E-state index contributed by atoms with van der Waals surface area (Å²) < 4.78 is 0. The number of non-ortho nitro benzene ring substituents is 1. The van der Waals surface area contributed by atoms with Gasteiger partial charge in [0.1, 0.15) is 11.0 Å². The second kappa shape index (κ2) is 8.46. The second-order valence-corrected chi connectivity index (χ2v) is 7.23. The number of nitro groups is 1. The number of carbonyl (C=O) groups excluding carboxylic acids is 1. The molecule has 2 N–H and O–H groups in total. The van der Waals surface area contributed by atoms with Gasteiger partial charge >= 0.3 is 0 Å². The number of amides is 1. The van der Waals surface area contributed by atoms with Gasteiger partial charge in [-0.05, 0) is 66.8 Å². The minimum Gasteiger partial charge on any atom is -0.332 e. The van der Waals surface area contributed by atoms with E-state index in [4.69, 9.17) is 23.8 Å². The SMILES string of the molecule is O=C(NC(=S)Nc1ccc2nn(-c3ccc(Cl)cc3)nc2c1)c1ccc([N+](=O)[O-])cc1. The predicted octanol–water partition coefficient (Wildman–Crippen LogP) is 4.11. The third-order valence-electron chi connectivity index (χ3n) is 4.26. The van der Waals surface area contributed by atoms with Crippen LogP contribution in [0.5, 0.6) is 0 Å². The van der Waals surface area contributed by atoms with Crippen molar-refractivity contribution < 1.29 is 9.72 Å². The molecule has 3 aromatic carbocycles. The van der Waals surface area contributed by atoms with Gasteiger partial charge in [0.25, 0.3) is 11.6 Å². The van der Waals surface area contributed by atoms with Crippen molar-refractivity contribution in [2.24, 2.45) is 0 Å². The summed E-state index contributed by atoms with van der Waals surface area (Å²) in [6.07, 6.45) is 0. The summed E-state index contributed by atoms with van der Waals surface area (Å²) in [4.78, 5) is 24.0. The van der Waals surface area contributed by atoms with Crippen molar-refractivity contribution >= 4 is 57.2 Å². The highest BCUT2D eigenvalue weighted by Crippen LogP contribution is 2.19. The number of carbonyl (C=O) groups is 1. The Morgan fingerprint density at radius 1 is 1.00 bits per heavy atom. The largest absolute Gasteiger partial charge is 0.332 e. The Kier molecular flexibility index (Phi) is 5.56. The zero-order chi connectivity index (χ0) is 22.0. The Morgan fingerprint density at radius 2 is 1.68 bits per heavy atom. The molecule has 0 radical (unpaired) electrons. The molecule has 0 aliphatic carbocycles.